The quantitative estimate of drug-likeness (QED) is 0.395. The molecule has 0 aliphatic carbocycles. The molecule has 0 amide bonds. The van der Waals surface area contributed by atoms with Crippen LogP contribution in [0.15, 0.2) is 30.3 Å². The Morgan fingerprint density at radius 1 is 0.647 bits per heavy atom. The first-order valence-corrected chi connectivity index (χ1v) is 3.98. The first kappa shape index (κ1) is 53.6. The molecule has 0 atom stereocenters. The van der Waals surface area contributed by atoms with E-state index < -0.39 is 0 Å². The Hall–Kier alpha value is 0.0643. The van der Waals surface area contributed by atoms with Crippen LogP contribution in [0.2, 0.25) is 0 Å². The summed E-state index contributed by atoms with van der Waals surface area (Å²) in [4.78, 5) is 0. The van der Waals surface area contributed by atoms with Crippen LogP contribution in [0.5, 0.6) is 0 Å². The van der Waals surface area contributed by atoms with Crippen molar-refractivity contribution in [1.29, 1.82) is 0 Å². The molecule has 0 spiro atoms. The van der Waals surface area contributed by atoms with E-state index in [4.69, 9.17) is 0 Å². The monoisotopic (exact) mass is 274 g/mol. The number of hydrogen-bond donors (Lipinski definition) is 0. The Morgan fingerprint density at radius 3 is 0.882 bits per heavy atom. The minimum Gasteiger partial charge on any atom is -0.358 e. The molecule has 0 unspecified atom stereocenters. The minimum absolute atomic E-state index is 0. The first-order valence-electron chi connectivity index (χ1n) is 3.98. The van der Waals surface area contributed by atoms with Crippen molar-refractivity contribution in [2.45, 2.75) is 27.7 Å². The van der Waals surface area contributed by atoms with Crippen LogP contribution >= 0.6 is 0 Å². The van der Waals surface area contributed by atoms with Crippen LogP contribution in [0, 0.1) is 50.0 Å². The number of rotatable bonds is 0. The second-order valence-electron chi connectivity index (χ2n) is 2.12. The van der Waals surface area contributed by atoms with Crippen LogP contribution in [0.25, 0.3) is 0 Å². The predicted molar refractivity (Wildman–Crippen MR) is 85.4 cm³/mol. The molecule has 17 heavy (non-hydrogen) atoms. The zero-order chi connectivity index (χ0) is 8.95. The Bertz CT molecular complexity index is 81.0. The van der Waals surface area contributed by atoms with Crippen LogP contribution in [-0.2, 0) is 21.7 Å². The number of hydrogen-bond acceptors (Lipinski definition) is 0. The predicted octanol–water partition coefficient (Wildman–Crippen LogP) is 6.12. The van der Waals surface area contributed by atoms with Gasteiger partial charge >= 0.3 is 0 Å². The summed E-state index contributed by atoms with van der Waals surface area (Å²) in [5.41, 5.74) is 0. The van der Waals surface area contributed by atoms with Crippen molar-refractivity contribution >= 4 is 0 Å². The second kappa shape index (κ2) is 73.1. The van der Waals surface area contributed by atoms with Gasteiger partial charge in [-0.05, 0) is 0 Å². The molecule has 0 radical (unpaired) electrons. The van der Waals surface area contributed by atoms with Gasteiger partial charge in [0.15, 0.2) is 0 Å². The molecule has 0 aliphatic heterocycles. The van der Waals surface area contributed by atoms with Crippen LogP contribution < -0.4 is 0 Å². The fourth-order valence-corrected chi connectivity index (χ4v) is 0.321. The van der Waals surface area contributed by atoms with E-state index >= 15 is 0 Å². The third kappa shape index (κ3) is 124. The molecule has 0 heterocycles. The maximum absolute atomic E-state index is 2.00. The third-order valence-corrected chi connectivity index (χ3v) is 0.556. The van der Waals surface area contributed by atoms with Crippen LogP contribution in [0.3, 0.4) is 0 Å². The van der Waals surface area contributed by atoms with E-state index in [-0.39, 0.29) is 58.9 Å². The molecule has 1 aromatic carbocycles. The first-order chi connectivity index (χ1) is 5.33. The second-order valence-corrected chi connectivity index (χ2v) is 2.12. The van der Waals surface area contributed by atoms with Crippen molar-refractivity contribution < 1.29 is 21.7 Å². The molecule has 0 saturated carbocycles. The molecular weight excluding hydrogens is 240 g/mol. The van der Waals surface area contributed by atoms with E-state index in [0.717, 1.165) is 0 Å². The van der Waals surface area contributed by atoms with Gasteiger partial charge in [0.25, 0.3) is 0 Å². The molecule has 0 saturated heterocycles. The molecule has 0 bridgehead atoms. The molecule has 1 heteroatoms. The van der Waals surface area contributed by atoms with Crippen molar-refractivity contribution in [2.24, 2.45) is 0 Å². The summed E-state index contributed by atoms with van der Waals surface area (Å²) in [5.74, 6) is 0. The fraction of sp³-hybridized carbons (Fsp3) is 0.250. The SMILES string of the molecule is C[CH-]C.C[CH-]C.[CH3-].[CH3-].[CH3-].[CH3-].[CH3-].[Ti].c1cc[cH-]c1. The van der Waals surface area contributed by atoms with Crippen molar-refractivity contribution in [1.82, 2.24) is 0 Å². The third-order valence-electron chi connectivity index (χ3n) is 0.556. The Balaban J connectivity index is -0.0000000105. The van der Waals surface area contributed by atoms with Gasteiger partial charge in [0.05, 0.1) is 0 Å². The van der Waals surface area contributed by atoms with Gasteiger partial charge in [-0.3, -0.25) is 0 Å². The summed E-state index contributed by atoms with van der Waals surface area (Å²) >= 11 is 0. The molecule has 110 valence electrons. The Morgan fingerprint density at radius 2 is 0.824 bits per heavy atom. The minimum atomic E-state index is 0. The Labute approximate surface area is 129 Å². The van der Waals surface area contributed by atoms with E-state index in [1.165, 1.54) is 0 Å². The van der Waals surface area contributed by atoms with Gasteiger partial charge in [0.1, 0.15) is 0 Å². The van der Waals surface area contributed by atoms with Gasteiger partial charge in [-0.2, -0.15) is 45.9 Å². The average Bonchev–Trinajstić information content (AvgIpc) is 2.44. The summed E-state index contributed by atoms with van der Waals surface area (Å²) in [7, 11) is 0. The van der Waals surface area contributed by atoms with Crippen molar-refractivity contribution in [3.8, 4) is 0 Å². The molecule has 0 N–H and O–H groups in total. The van der Waals surface area contributed by atoms with E-state index in [9.17, 15) is 0 Å². The van der Waals surface area contributed by atoms with Gasteiger partial charge in [0, 0.05) is 21.7 Å². The molecule has 0 aromatic heterocycles. The van der Waals surface area contributed by atoms with Crippen LogP contribution in [0.1, 0.15) is 27.7 Å². The summed E-state index contributed by atoms with van der Waals surface area (Å²) < 4.78 is 0. The maximum Gasteiger partial charge on any atom is 0 e. The Kier molecular flexibility index (Phi) is 230. The van der Waals surface area contributed by atoms with Crippen molar-refractivity contribution in [3.05, 3.63) is 80.3 Å². The maximum atomic E-state index is 2.00. The van der Waals surface area contributed by atoms with Crippen LogP contribution in [-0.4, -0.2) is 0 Å². The largest absolute Gasteiger partial charge is 0.358 e. The molecule has 0 aliphatic rings. The molecule has 1 aromatic rings. The van der Waals surface area contributed by atoms with E-state index in [2.05, 4.69) is 0 Å². The van der Waals surface area contributed by atoms with Gasteiger partial charge in [-0.25, -0.2) is 12.1 Å². The van der Waals surface area contributed by atoms with E-state index in [1.807, 2.05) is 70.9 Å². The normalized spacial score (nSPS) is 4.47. The molecular formula is C16H34Ti-8. The molecule has 1 rings (SSSR count). The van der Waals surface area contributed by atoms with E-state index in [0.29, 0.717) is 0 Å². The average molecular weight is 274 g/mol. The van der Waals surface area contributed by atoms with Gasteiger partial charge in [-0.1, -0.05) is 0 Å². The summed E-state index contributed by atoms with van der Waals surface area (Å²) in [6.45, 7) is 8.00. The van der Waals surface area contributed by atoms with Gasteiger partial charge < -0.3 is 50.0 Å². The van der Waals surface area contributed by atoms with E-state index in [1.54, 1.807) is 0 Å². The standard InChI is InChI=1S/C5H5.2C3H7.5CH3.Ti/c1-2-4-5-3-1;2*1-3-2;;;;;;/h1-5H;2*3H,1-2H3;5*1H3;/q8*-1;. The van der Waals surface area contributed by atoms with Gasteiger partial charge in [-0.15, -0.1) is 0 Å². The molecule has 0 fully saturated rings. The molecule has 0 nitrogen and oxygen atoms in total. The van der Waals surface area contributed by atoms with Gasteiger partial charge in [0.2, 0.25) is 0 Å². The topological polar surface area (TPSA) is 0 Å². The smallest absolute Gasteiger partial charge is 0 e. The fourth-order valence-electron chi connectivity index (χ4n) is 0.321. The zero-order valence-corrected chi connectivity index (χ0v) is 15.1. The summed E-state index contributed by atoms with van der Waals surface area (Å²) in [6.07, 6.45) is 4.00. The zero-order valence-electron chi connectivity index (χ0n) is 13.5. The van der Waals surface area contributed by atoms with Crippen LogP contribution in [0.4, 0.5) is 0 Å². The summed E-state index contributed by atoms with van der Waals surface area (Å²) in [6, 6.07) is 10.0. The summed E-state index contributed by atoms with van der Waals surface area (Å²) in [5, 5.41) is 0. The van der Waals surface area contributed by atoms with Crippen molar-refractivity contribution in [2.75, 3.05) is 0 Å². The van der Waals surface area contributed by atoms with Crippen molar-refractivity contribution in [3.63, 3.8) is 0 Å².